The molecular weight excluding hydrogens is 231 g/mol. The summed E-state index contributed by atoms with van der Waals surface area (Å²) in [5.41, 5.74) is 6.99. The number of aromatic amines is 1. The van der Waals surface area contributed by atoms with E-state index in [9.17, 15) is 4.39 Å². The third-order valence-electron chi connectivity index (χ3n) is 3.55. The van der Waals surface area contributed by atoms with Crippen molar-refractivity contribution >= 4 is 17.0 Å². The van der Waals surface area contributed by atoms with E-state index in [-0.39, 0.29) is 11.4 Å². The zero-order valence-corrected chi connectivity index (χ0v) is 10.9. The summed E-state index contributed by atoms with van der Waals surface area (Å²) in [5, 5.41) is 3.30. The number of aromatic nitrogens is 2. The van der Waals surface area contributed by atoms with Crippen LogP contribution in [0, 0.1) is 11.7 Å². The van der Waals surface area contributed by atoms with E-state index in [0.29, 0.717) is 23.9 Å². The number of hydrogen-bond acceptors (Lipinski definition) is 3. The first-order valence-corrected chi connectivity index (χ1v) is 6.08. The Balaban J connectivity index is 2.32. The molecule has 0 radical (unpaired) electrons. The van der Waals surface area contributed by atoms with Crippen LogP contribution >= 0.6 is 0 Å². The Labute approximate surface area is 106 Å². The van der Waals surface area contributed by atoms with Crippen molar-refractivity contribution in [2.24, 2.45) is 11.7 Å². The molecule has 18 heavy (non-hydrogen) atoms. The van der Waals surface area contributed by atoms with Gasteiger partial charge >= 0.3 is 0 Å². The van der Waals surface area contributed by atoms with E-state index >= 15 is 0 Å². The molecule has 0 fully saturated rings. The van der Waals surface area contributed by atoms with Gasteiger partial charge in [0.15, 0.2) is 0 Å². The van der Waals surface area contributed by atoms with Gasteiger partial charge < -0.3 is 16.0 Å². The van der Waals surface area contributed by atoms with Crippen LogP contribution < -0.4 is 11.1 Å². The van der Waals surface area contributed by atoms with Gasteiger partial charge in [0.25, 0.3) is 0 Å². The molecule has 4 nitrogen and oxygen atoms in total. The van der Waals surface area contributed by atoms with Crippen molar-refractivity contribution in [1.29, 1.82) is 0 Å². The van der Waals surface area contributed by atoms with Crippen LogP contribution in [0.2, 0.25) is 0 Å². The summed E-state index contributed by atoms with van der Waals surface area (Å²) in [4.78, 5) is 7.44. The second kappa shape index (κ2) is 4.57. The molecule has 1 heterocycles. The van der Waals surface area contributed by atoms with Crippen LogP contribution in [0.15, 0.2) is 18.2 Å². The number of rotatable bonds is 4. The van der Waals surface area contributed by atoms with Gasteiger partial charge in [-0.3, -0.25) is 0 Å². The molecule has 0 spiro atoms. The monoisotopic (exact) mass is 250 g/mol. The Hall–Kier alpha value is -1.62. The van der Waals surface area contributed by atoms with Crippen molar-refractivity contribution in [3.8, 4) is 0 Å². The second-order valence-electron chi connectivity index (χ2n) is 5.15. The van der Waals surface area contributed by atoms with E-state index in [0.717, 1.165) is 5.52 Å². The standard InChI is InChI=1S/C13H19FN4/c1-8(2)13(3,7-15)18-12-16-10-5-4-9(14)6-11(10)17-12/h4-6,8H,7,15H2,1-3H3,(H2,16,17,18). The number of nitrogens with zero attached hydrogens (tertiary/aromatic N) is 1. The normalized spacial score (nSPS) is 15.0. The molecule has 2 aromatic rings. The van der Waals surface area contributed by atoms with Crippen molar-refractivity contribution in [2.75, 3.05) is 11.9 Å². The van der Waals surface area contributed by atoms with Crippen molar-refractivity contribution in [2.45, 2.75) is 26.3 Å². The quantitative estimate of drug-likeness (QED) is 0.781. The van der Waals surface area contributed by atoms with Crippen molar-refractivity contribution in [1.82, 2.24) is 9.97 Å². The molecule has 0 aliphatic carbocycles. The SMILES string of the molecule is CC(C)C(C)(CN)Nc1nc2ccc(F)cc2[nH]1. The molecular formula is C13H19FN4. The topological polar surface area (TPSA) is 66.7 Å². The van der Waals surface area contributed by atoms with Crippen molar-refractivity contribution < 1.29 is 4.39 Å². The van der Waals surface area contributed by atoms with E-state index in [2.05, 4.69) is 29.1 Å². The molecule has 0 amide bonds. The van der Waals surface area contributed by atoms with Crippen LogP contribution in [0.4, 0.5) is 10.3 Å². The van der Waals surface area contributed by atoms with Crippen LogP contribution in [0.1, 0.15) is 20.8 Å². The average molecular weight is 250 g/mol. The largest absolute Gasteiger partial charge is 0.349 e. The third-order valence-corrected chi connectivity index (χ3v) is 3.55. The molecule has 0 aliphatic heterocycles. The molecule has 2 rings (SSSR count). The number of halogens is 1. The number of fused-ring (bicyclic) bond motifs is 1. The molecule has 0 saturated heterocycles. The lowest BCUT2D eigenvalue weighted by atomic mass is 9.89. The number of H-pyrrole nitrogens is 1. The van der Waals surface area contributed by atoms with E-state index in [1.54, 1.807) is 6.07 Å². The highest BCUT2D eigenvalue weighted by atomic mass is 19.1. The molecule has 0 bridgehead atoms. The maximum Gasteiger partial charge on any atom is 0.201 e. The van der Waals surface area contributed by atoms with Gasteiger partial charge in [-0.25, -0.2) is 9.37 Å². The summed E-state index contributed by atoms with van der Waals surface area (Å²) < 4.78 is 13.1. The molecule has 4 N–H and O–H groups in total. The van der Waals surface area contributed by atoms with E-state index < -0.39 is 0 Å². The first-order chi connectivity index (χ1) is 8.44. The third kappa shape index (κ3) is 2.31. The fourth-order valence-corrected chi connectivity index (χ4v) is 1.74. The summed E-state index contributed by atoms with van der Waals surface area (Å²) in [6.45, 7) is 6.74. The predicted molar refractivity (Wildman–Crippen MR) is 72.0 cm³/mol. The number of anilines is 1. The first kappa shape index (κ1) is 12.8. The number of benzene rings is 1. The molecule has 1 unspecified atom stereocenters. The van der Waals surface area contributed by atoms with Crippen molar-refractivity contribution in [3.05, 3.63) is 24.0 Å². The number of nitrogens with two attached hydrogens (primary N) is 1. The number of nitrogens with one attached hydrogen (secondary N) is 2. The van der Waals surface area contributed by atoms with Gasteiger partial charge in [-0.05, 0) is 31.0 Å². The van der Waals surface area contributed by atoms with Gasteiger partial charge in [0.05, 0.1) is 16.6 Å². The van der Waals surface area contributed by atoms with Crippen LogP contribution in [0.5, 0.6) is 0 Å². The highest BCUT2D eigenvalue weighted by Crippen LogP contribution is 2.22. The van der Waals surface area contributed by atoms with E-state index in [1.165, 1.54) is 12.1 Å². The Morgan fingerprint density at radius 1 is 1.50 bits per heavy atom. The van der Waals surface area contributed by atoms with Crippen LogP contribution in [0.3, 0.4) is 0 Å². The lowest BCUT2D eigenvalue weighted by molar-refractivity contribution is 0.380. The molecule has 1 atom stereocenters. The van der Waals surface area contributed by atoms with Crippen LogP contribution in [-0.4, -0.2) is 22.1 Å². The van der Waals surface area contributed by atoms with Gasteiger partial charge in [0.1, 0.15) is 5.82 Å². The molecule has 0 aliphatic rings. The summed E-state index contributed by atoms with van der Waals surface area (Å²) in [5.74, 6) is 0.702. The summed E-state index contributed by atoms with van der Waals surface area (Å²) in [6, 6.07) is 4.49. The van der Waals surface area contributed by atoms with Gasteiger partial charge in [0, 0.05) is 6.54 Å². The number of imidazole rings is 1. The highest BCUT2D eigenvalue weighted by Gasteiger charge is 2.27. The Bertz CT molecular complexity index is 549. The van der Waals surface area contributed by atoms with Crippen molar-refractivity contribution in [3.63, 3.8) is 0 Å². The molecule has 0 saturated carbocycles. The van der Waals surface area contributed by atoms with Gasteiger partial charge in [0.2, 0.25) is 5.95 Å². The Morgan fingerprint density at radius 3 is 2.83 bits per heavy atom. The molecule has 5 heteroatoms. The van der Waals surface area contributed by atoms with Gasteiger partial charge in [-0.2, -0.15) is 0 Å². The molecule has 98 valence electrons. The summed E-state index contributed by atoms with van der Waals surface area (Å²) in [6.07, 6.45) is 0. The van der Waals surface area contributed by atoms with Crippen LogP contribution in [-0.2, 0) is 0 Å². The fourth-order valence-electron chi connectivity index (χ4n) is 1.74. The van der Waals surface area contributed by atoms with Crippen LogP contribution in [0.25, 0.3) is 11.0 Å². The first-order valence-electron chi connectivity index (χ1n) is 6.08. The lowest BCUT2D eigenvalue weighted by Crippen LogP contribution is -2.47. The maximum atomic E-state index is 13.1. The maximum absolute atomic E-state index is 13.1. The molecule has 1 aromatic carbocycles. The minimum absolute atomic E-state index is 0.244. The zero-order valence-electron chi connectivity index (χ0n) is 10.9. The minimum Gasteiger partial charge on any atom is -0.349 e. The Kier molecular flexibility index (Phi) is 3.26. The minimum atomic E-state index is -0.275. The summed E-state index contributed by atoms with van der Waals surface area (Å²) >= 11 is 0. The highest BCUT2D eigenvalue weighted by molar-refractivity contribution is 5.77. The average Bonchev–Trinajstić information content (AvgIpc) is 2.69. The lowest BCUT2D eigenvalue weighted by Gasteiger charge is -2.33. The van der Waals surface area contributed by atoms with Gasteiger partial charge in [-0.1, -0.05) is 13.8 Å². The smallest absolute Gasteiger partial charge is 0.201 e. The van der Waals surface area contributed by atoms with E-state index in [4.69, 9.17) is 5.73 Å². The fraction of sp³-hybridized carbons (Fsp3) is 0.462. The number of hydrogen-bond donors (Lipinski definition) is 3. The predicted octanol–water partition coefficient (Wildman–Crippen LogP) is 2.49. The van der Waals surface area contributed by atoms with E-state index in [1.807, 2.05) is 6.92 Å². The molecule has 1 aromatic heterocycles. The zero-order chi connectivity index (χ0) is 13.3. The summed E-state index contributed by atoms with van der Waals surface area (Å²) in [7, 11) is 0. The Morgan fingerprint density at radius 2 is 2.22 bits per heavy atom. The second-order valence-corrected chi connectivity index (χ2v) is 5.15. The van der Waals surface area contributed by atoms with Gasteiger partial charge in [-0.15, -0.1) is 0 Å².